The molecule has 2 aliphatic heterocycles. The Morgan fingerprint density at radius 2 is 1.93 bits per heavy atom. The summed E-state index contributed by atoms with van der Waals surface area (Å²) in [7, 11) is 0. The molecule has 2 aliphatic rings. The summed E-state index contributed by atoms with van der Waals surface area (Å²) in [5.41, 5.74) is 12.5. The lowest BCUT2D eigenvalue weighted by Crippen LogP contribution is -2.46. The zero-order chi connectivity index (χ0) is 30.2. The minimum absolute atomic E-state index is 0.0659. The number of nitrogen functional groups attached to an aromatic ring is 2. The van der Waals surface area contributed by atoms with Gasteiger partial charge in [-0.2, -0.15) is 23.1 Å². The number of carboxylic acid groups (broad SMARTS) is 1. The molecule has 6 N–H and O–H groups in total. The number of hydrogen-bond donors (Lipinski definition) is 4. The van der Waals surface area contributed by atoms with Crippen LogP contribution < -0.4 is 26.4 Å². The van der Waals surface area contributed by atoms with Gasteiger partial charge in [0.2, 0.25) is 17.9 Å². The van der Waals surface area contributed by atoms with E-state index in [1.807, 2.05) is 11.8 Å². The van der Waals surface area contributed by atoms with Crippen LogP contribution in [0, 0.1) is 5.41 Å². The molecule has 0 bridgehead atoms. The number of benzene rings is 2. The molecule has 1 spiro atoms. The van der Waals surface area contributed by atoms with Crippen LogP contribution in [-0.2, 0) is 4.79 Å². The number of anilines is 3. The summed E-state index contributed by atoms with van der Waals surface area (Å²) in [6.45, 7) is 3.08. The van der Waals surface area contributed by atoms with Gasteiger partial charge in [-0.05, 0) is 66.5 Å². The third-order valence-electron chi connectivity index (χ3n) is 8.28. The molecular weight excluding hydrogens is 573 g/mol. The molecule has 0 radical (unpaired) electrons. The zero-order valence-electron chi connectivity index (χ0n) is 22.9. The van der Waals surface area contributed by atoms with Crippen LogP contribution in [0.15, 0.2) is 48.5 Å². The quantitative estimate of drug-likeness (QED) is 0.259. The minimum Gasteiger partial charge on any atom is -0.480 e. The third-order valence-corrected chi connectivity index (χ3v) is 8.51. The number of piperidine rings is 1. The van der Waals surface area contributed by atoms with Crippen molar-refractivity contribution in [3.63, 3.8) is 0 Å². The average Bonchev–Trinajstić information content (AvgIpc) is 3.29. The Kier molecular flexibility index (Phi) is 8.13. The number of halogens is 4. The van der Waals surface area contributed by atoms with Gasteiger partial charge in [-0.1, -0.05) is 36.7 Å². The lowest BCUT2D eigenvalue weighted by molar-refractivity contribution is -0.198. The first-order valence-electron chi connectivity index (χ1n) is 13.7. The molecule has 224 valence electrons. The molecule has 2 saturated heterocycles. The summed E-state index contributed by atoms with van der Waals surface area (Å²) >= 11 is 6.17. The summed E-state index contributed by atoms with van der Waals surface area (Å²) in [5, 5.41) is 13.0. The van der Waals surface area contributed by atoms with Gasteiger partial charge in [-0.25, -0.2) is 0 Å². The molecule has 3 aromatic rings. The number of carbonyl (C=O) groups is 1. The van der Waals surface area contributed by atoms with Gasteiger partial charge in [0.25, 0.3) is 0 Å². The molecule has 5 rings (SSSR count). The fourth-order valence-corrected chi connectivity index (χ4v) is 6.44. The van der Waals surface area contributed by atoms with Crippen molar-refractivity contribution in [3.8, 4) is 17.0 Å². The largest absolute Gasteiger partial charge is 0.480 e. The average molecular weight is 605 g/mol. The highest BCUT2D eigenvalue weighted by molar-refractivity contribution is 6.30. The Hall–Kier alpha value is -3.77. The standard InChI is InChI=1S/C29H32ClF3N6O3/c1-2-22-28(15-21(36-22)26(40)41)8-10-39(11-9-28)23-14-24(38-27(35)37-23)42-25(29(31,32)33)19-7-6-17(30)13-20(19)16-4-3-5-18(34)12-16/h3-7,12-14,21-22,25,36H,2,8-11,15,34H2,1H3,(H,40,41)(H2,35,37,38)/t21?,22?,25-/m1/s1. The van der Waals surface area contributed by atoms with Crippen molar-refractivity contribution in [2.75, 3.05) is 29.5 Å². The minimum atomic E-state index is -4.81. The predicted molar refractivity (Wildman–Crippen MR) is 154 cm³/mol. The first-order chi connectivity index (χ1) is 19.9. The summed E-state index contributed by atoms with van der Waals surface area (Å²) in [6, 6.07) is 11.4. The van der Waals surface area contributed by atoms with Gasteiger partial charge in [-0.3, -0.25) is 4.79 Å². The maximum Gasteiger partial charge on any atom is 0.429 e. The Labute approximate surface area is 246 Å². The number of hydrogen-bond acceptors (Lipinski definition) is 8. The summed E-state index contributed by atoms with van der Waals surface area (Å²) < 4.78 is 49.2. The summed E-state index contributed by atoms with van der Waals surface area (Å²) in [5.74, 6) is -1.07. The van der Waals surface area contributed by atoms with Gasteiger partial charge < -0.3 is 31.5 Å². The molecule has 0 aliphatic carbocycles. The van der Waals surface area contributed by atoms with E-state index in [1.165, 1.54) is 24.3 Å². The Balaban J connectivity index is 1.42. The smallest absolute Gasteiger partial charge is 0.429 e. The molecule has 42 heavy (non-hydrogen) atoms. The maximum atomic E-state index is 14.5. The SMILES string of the molecule is CCC1NC(C(=O)O)CC12CCN(c1cc(O[C@H](c3ccc(Cl)cc3-c3cccc(N)c3)C(F)(F)F)nc(N)n1)CC2. The molecule has 13 heteroatoms. The van der Waals surface area contributed by atoms with Crippen LogP contribution >= 0.6 is 11.6 Å². The van der Waals surface area contributed by atoms with E-state index < -0.39 is 24.3 Å². The van der Waals surface area contributed by atoms with Crippen LogP contribution in [-0.4, -0.2) is 52.4 Å². The number of nitrogens with zero attached hydrogens (tertiary/aromatic N) is 3. The van der Waals surface area contributed by atoms with Crippen LogP contribution in [0.25, 0.3) is 11.1 Å². The van der Waals surface area contributed by atoms with Crippen molar-refractivity contribution in [3.05, 3.63) is 59.1 Å². The number of alkyl halides is 3. The molecule has 1 aromatic heterocycles. The fraction of sp³-hybridized carbons (Fsp3) is 0.414. The van der Waals surface area contributed by atoms with Crippen molar-refractivity contribution < 1.29 is 27.8 Å². The van der Waals surface area contributed by atoms with Gasteiger partial charge in [0.1, 0.15) is 11.9 Å². The second-order valence-corrected chi connectivity index (χ2v) is 11.3. The topological polar surface area (TPSA) is 140 Å². The number of nitrogens with two attached hydrogens (primary N) is 2. The lowest BCUT2D eigenvalue weighted by atomic mass is 9.71. The van der Waals surface area contributed by atoms with Crippen LogP contribution in [0.5, 0.6) is 5.88 Å². The molecular formula is C29H32ClF3N6O3. The molecule has 0 saturated carbocycles. The van der Waals surface area contributed by atoms with Crippen LogP contribution in [0.4, 0.5) is 30.6 Å². The lowest BCUT2D eigenvalue weighted by Gasteiger charge is -2.43. The number of rotatable bonds is 7. The van der Waals surface area contributed by atoms with Crippen molar-refractivity contribution in [1.29, 1.82) is 0 Å². The molecule has 2 fully saturated rings. The zero-order valence-corrected chi connectivity index (χ0v) is 23.6. The van der Waals surface area contributed by atoms with Crippen molar-refractivity contribution in [2.45, 2.75) is 57.0 Å². The van der Waals surface area contributed by atoms with Crippen molar-refractivity contribution in [2.24, 2.45) is 5.41 Å². The van der Waals surface area contributed by atoms with E-state index in [4.69, 9.17) is 27.8 Å². The van der Waals surface area contributed by atoms with E-state index in [9.17, 15) is 23.1 Å². The van der Waals surface area contributed by atoms with E-state index >= 15 is 0 Å². The second-order valence-electron chi connectivity index (χ2n) is 10.9. The molecule has 2 aromatic carbocycles. The third kappa shape index (κ3) is 6.05. The van der Waals surface area contributed by atoms with Gasteiger partial charge in [0.15, 0.2) is 0 Å². The number of ether oxygens (including phenoxy) is 1. The van der Waals surface area contributed by atoms with Crippen LogP contribution in [0.1, 0.15) is 44.3 Å². The number of nitrogens with one attached hydrogen (secondary N) is 1. The van der Waals surface area contributed by atoms with Gasteiger partial charge in [0.05, 0.1) is 0 Å². The number of aromatic nitrogens is 2. The first-order valence-corrected chi connectivity index (χ1v) is 14.0. The molecule has 2 unspecified atom stereocenters. The van der Waals surface area contributed by atoms with Gasteiger partial charge in [0, 0.05) is 41.5 Å². The molecule has 3 heterocycles. The normalized spacial score (nSPS) is 20.9. The van der Waals surface area contributed by atoms with E-state index in [0.29, 0.717) is 49.4 Å². The molecule has 9 nitrogen and oxygen atoms in total. The van der Waals surface area contributed by atoms with Crippen molar-refractivity contribution >= 4 is 35.0 Å². The van der Waals surface area contributed by atoms with Crippen molar-refractivity contribution in [1.82, 2.24) is 15.3 Å². The maximum absolute atomic E-state index is 14.5. The van der Waals surface area contributed by atoms with Gasteiger partial charge >= 0.3 is 12.1 Å². The van der Waals surface area contributed by atoms with E-state index in [0.717, 1.165) is 6.42 Å². The Morgan fingerprint density at radius 3 is 2.57 bits per heavy atom. The highest BCUT2D eigenvalue weighted by Gasteiger charge is 2.50. The van der Waals surface area contributed by atoms with Crippen LogP contribution in [0.2, 0.25) is 5.02 Å². The van der Waals surface area contributed by atoms with E-state index in [2.05, 4.69) is 15.3 Å². The van der Waals surface area contributed by atoms with E-state index in [-0.39, 0.29) is 39.4 Å². The first kappa shape index (κ1) is 29.7. The highest BCUT2D eigenvalue weighted by atomic mass is 35.5. The molecule has 3 atom stereocenters. The Morgan fingerprint density at radius 1 is 1.19 bits per heavy atom. The Bertz CT molecular complexity index is 1460. The van der Waals surface area contributed by atoms with Crippen LogP contribution in [0.3, 0.4) is 0 Å². The fourth-order valence-electron chi connectivity index (χ4n) is 6.26. The number of aliphatic carboxylic acids is 1. The number of carboxylic acids is 1. The monoisotopic (exact) mass is 604 g/mol. The summed E-state index contributed by atoms with van der Waals surface area (Å²) in [4.78, 5) is 21.8. The highest BCUT2D eigenvalue weighted by Crippen LogP contribution is 2.46. The summed E-state index contributed by atoms with van der Waals surface area (Å²) in [6.07, 6.45) is -4.49. The molecule has 0 amide bonds. The van der Waals surface area contributed by atoms with Gasteiger partial charge in [-0.15, -0.1) is 0 Å². The second kappa shape index (κ2) is 11.5. The van der Waals surface area contributed by atoms with E-state index in [1.54, 1.807) is 24.3 Å². The predicted octanol–water partition coefficient (Wildman–Crippen LogP) is 5.46.